The zero-order valence-corrected chi connectivity index (χ0v) is 14.5. The summed E-state index contributed by atoms with van der Waals surface area (Å²) in [7, 11) is 0. The van der Waals surface area contributed by atoms with Crippen molar-refractivity contribution in [1.29, 1.82) is 0 Å². The molecule has 0 saturated carbocycles. The van der Waals surface area contributed by atoms with E-state index in [-0.39, 0.29) is 30.2 Å². The predicted molar refractivity (Wildman–Crippen MR) is 97.6 cm³/mol. The second kappa shape index (κ2) is 7.69. The van der Waals surface area contributed by atoms with Gasteiger partial charge in [-0.3, -0.25) is 10.2 Å². The molecule has 7 heteroatoms. The number of carbonyl (C=O) groups is 1. The number of hydrogen-bond acceptors (Lipinski definition) is 5. The van der Waals surface area contributed by atoms with Crippen LogP contribution in [-0.4, -0.2) is 17.6 Å². The fraction of sp³-hybridized carbons (Fsp3) is 0.200. The van der Waals surface area contributed by atoms with Crippen LogP contribution in [0.5, 0.6) is 0 Å². The maximum Gasteiger partial charge on any atom is 0.226 e. The maximum absolute atomic E-state index is 13.1. The third-order valence-electron chi connectivity index (χ3n) is 4.61. The van der Waals surface area contributed by atoms with Crippen LogP contribution in [0, 0.1) is 11.7 Å². The molecule has 0 aliphatic carbocycles. The van der Waals surface area contributed by atoms with Crippen molar-refractivity contribution in [2.45, 2.75) is 12.6 Å². The lowest BCUT2D eigenvalue weighted by molar-refractivity contribution is -0.125. The van der Waals surface area contributed by atoms with Gasteiger partial charge in [0, 0.05) is 18.2 Å². The largest absolute Gasteiger partial charge is 0.359 e. The third-order valence-corrected chi connectivity index (χ3v) is 4.61. The van der Waals surface area contributed by atoms with E-state index in [1.807, 2.05) is 36.4 Å². The fourth-order valence-electron chi connectivity index (χ4n) is 3.17. The number of benzene rings is 2. The lowest BCUT2D eigenvalue weighted by Gasteiger charge is -2.18. The van der Waals surface area contributed by atoms with Gasteiger partial charge in [0.15, 0.2) is 5.76 Å². The highest BCUT2D eigenvalue weighted by atomic mass is 19.1. The van der Waals surface area contributed by atoms with Gasteiger partial charge in [-0.05, 0) is 17.7 Å². The van der Waals surface area contributed by atoms with Gasteiger partial charge in [-0.1, -0.05) is 47.6 Å². The highest BCUT2D eigenvalue weighted by Gasteiger charge is 2.33. The summed E-state index contributed by atoms with van der Waals surface area (Å²) in [5.74, 6) is -0.142. The number of rotatable bonds is 5. The van der Waals surface area contributed by atoms with Gasteiger partial charge in [0.05, 0.1) is 18.5 Å². The summed E-state index contributed by atoms with van der Waals surface area (Å²) in [5.41, 5.74) is 8.62. The smallest absolute Gasteiger partial charge is 0.226 e. The molecule has 1 fully saturated rings. The highest BCUT2D eigenvalue weighted by molar-refractivity contribution is 5.80. The molecule has 1 saturated heterocycles. The molecule has 6 nitrogen and oxygen atoms in total. The van der Waals surface area contributed by atoms with Crippen LogP contribution < -0.4 is 16.2 Å². The van der Waals surface area contributed by atoms with Gasteiger partial charge >= 0.3 is 0 Å². The Labute approximate surface area is 155 Å². The normalized spacial score (nSPS) is 19.1. The van der Waals surface area contributed by atoms with E-state index in [1.165, 1.54) is 12.1 Å². The van der Waals surface area contributed by atoms with Gasteiger partial charge in [0.2, 0.25) is 5.91 Å². The summed E-state index contributed by atoms with van der Waals surface area (Å²) in [4.78, 5) is 12.6. The Hall–Kier alpha value is -3.03. The molecule has 4 rings (SSSR count). The quantitative estimate of drug-likeness (QED) is 0.647. The molecule has 2 atom stereocenters. The molecule has 2 aromatic carbocycles. The summed E-state index contributed by atoms with van der Waals surface area (Å²) in [6.07, 6.45) is 0. The van der Waals surface area contributed by atoms with Crippen LogP contribution in [0.4, 0.5) is 4.39 Å². The van der Waals surface area contributed by atoms with E-state index in [0.717, 1.165) is 16.8 Å². The topological polar surface area (TPSA) is 79.2 Å². The molecular formula is C20H19FN4O2. The first-order chi connectivity index (χ1) is 13.2. The van der Waals surface area contributed by atoms with Crippen LogP contribution in [0.1, 0.15) is 17.4 Å². The summed E-state index contributed by atoms with van der Waals surface area (Å²) in [5, 5.41) is 6.94. The predicted octanol–water partition coefficient (Wildman–Crippen LogP) is 2.56. The van der Waals surface area contributed by atoms with Crippen LogP contribution in [0.3, 0.4) is 0 Å². The highest BCUT2D eigenvalue weighted by Crippen LogP contribution is 2.25. The number of carbonyl (C=O) groups excluding carboxylic acids is 1. The summed E-state index contributed by atoms with van der Waals surface area (Å²) < 4.78 is 18.4. The first-order valence-corrected chi connectivity index (χ1v) is 8.73. The van der Waals surface area contributed by atoms with Gasteiger partial charge in [-0.25, -0.2) is 9.82 Å². The molecule has 3 N–H and O–H groups in total. The number of nitrogens with one attached hydrogen (secondary N) is 3. The van der Waals surface area contributed by atoms with Gasteiger partial charge in [0.1, 0.15) is 11.5 Å². The lowest BCUT2D eigenvalue weighted by atomic mass is 9.94. The van der Waals surface area contributed by atoms with Gasteiger partial charge < -0.3 is 9.84 Å². The average Bonchev–Trinajstić information content (AvgIpc) is 3.37. The minimum absolute atomic E-state index is 0.112. The van der Waals surface area contributed by atoms with Crippen LogP contribution in [-0.2, 0) is 11.3 Å². The van der Waals surface area contributed by atoms with E-state index in [0.29, 0.717) is 12.3 Å². The Kier molecular flexibility index (Phi) is 4.95. The molecular weight excluding hydrogens is 347 g/mol. The van der Waals surface area contributed by atoms with Crippen LogP contribution in [0.15, 0.2) is 65.2 Å². The molecule has 0 spiro atoms. The Bertz CT molecular complexity index is 911. The van der Waals surface area contributed by atoms with Crippen molar-refractivity contribution in [3.8, 4) is 11.3 Å². The van der Waals surface area contributed by atoms with Gasteiger partial charge in [0.25, 0.3) is 0 Å². The number of hydrazine groups is 1. The first kappa shape index (κ1) is 17.4. The third kappa shape index (κ3) is 3.89. The van der Waals surface area contributed by atoms with Crippen molar-refractivity contribution in [3.05, 3.63) is 77.8 Å². The van der Waals surface area contributed by atoms with E-state index in [1.54, 1.807) is 12.1 Å². The Morgan fingerprint density at radius 3 is 2.74 bits per heavy atom. The van der Waals surface area contributed by atoms with E-state index in [2.05, 4.69) is 21.3 Å². The van der Waals surface area contributed by atoms with E-state index in [4.69, 9.17) is 4.52 Å². The lowest BCUT2D eigenvalue weighted by Crippen LogP contribution is -2.34. The Morgan fingerprint density at radius 2 is 1.96 bits per heavy atom. The van der Waals surface area contributed by atoms with Crippen molar-refractivity contribution in [1.82, 2.24) is 21.3 Å². The first-order valence-electron chi connectivity index (χ1n) is 8.73. The van der Waals surface area contributed by atoms with Crippen LogP contribution in [0.2, 0.25) is 0 Å². The average molecular weight is 366 g/mol. The van der Waals surface area contributed by atoms with E-state index in [9.17, 15) is 9.18 Å². The second-order valence-electron chi connectivity index (χ2n) is 6.42. The molecule has 0 bridgehead atoms. The van der Waals surface area contributed by atoms with Crippen LogP contribution in [0.25, 0.3) is 11.3 Å². The summed E-state index contributed by atoms with van der Waals surface area (Å²) in [6, 6.07) is 17.4. The molecule has 1 aromatic heterocycles. The Balaban J connectivity index is 1.39. The number of aromatic nitrogens is 1. The number of nitrogens with zero attached hydrogens (tertiary/aromatic N) is 1. The molecule has 1 aliphatic heterocycles. The van der Waals surface area contributed by atoms with Crippen molar-refractivity contribution < 1.29 is 13.7 Å². The summed E-state index contributed by atoms with van der Waals surface area (Å²) >= 11 is 0. The van der Waals surface area contributed by atoms with Crippen molar-refractivity contribution in [3.63, 3.8) is 0 Å². The molecule has 2 unspecified atom stereocenters. The molecule has 138 valence electrons. The SMILES string of the molecule is O=C(NCc1cc(-c2ccccc2)no1)C1CNNC1c1ccc(F)cc1. The summed E-state index contributed by atoms with van der Waals surface area (Å²) in [6.45, 7) is 0.741. The zero-order valence-electron chi connectivity index (χ0n) is 14.5. The van der Waals surface area contributed by atoms with Crippen molar-refractivity contribution in [2.75, 3.05) is 6.54 Å². The van der Waals surface area contributed by atoms with Crippen molar-refractivity contribution >= 4 is 5.91 Å². The number of amides is 1. The molecule has 27 heavy (non-hydrogen) atoms. The standard InChI is InChI=1S/C20H19FN4O2/c21-15-8-6-14(7-9-15)19-17(12-23-24-19)20(26)22-11-16-10-18(25-27-16)13-4-2-1-3-5-13/h1-10,17,19,23-24H,11-12H2,(H,22,26). The second-order valence-corrected chi connectivity index (χ2v) is 6.42. The molecule has 1 amide bonds. The zero-order chi connectivity index (χ0) is 18.6. The molecule has 3 aromatic rings. The molecule has 0 radical (unpaired) electrons. The number of hydrogen-bond donors (Lipinski definition) is 3. The van der Waals surface area contributed by atoms with E-state index >= 15 is 0 Å². The van der Waals surface area contributed by atoms with Crippen LogP contribution >= 0.6 is 0 Å². The molecule has 1 aliphatic rings. The van der Waals surface area contributed by atoms with Gasteiger partial charge in [-0.2, -0.15) is 0 Å². The van der Waals surface area contributed by atoms with Gasteiger partial charge in [-0.15, -0.1) is 0 Å². The minimum atomic E-state index is -0.313. The maximum atomic E-state index is 13.1. The monoisotopic (exact) mass is 366 g/mol. The fourth-order valence-corrected chi connectivity index (χ4v) is 3.17. The van der Waals surface area contributed by atoms with Crippen molar-refractivity contribution in [2.24, 2.45) is 5.92 Å². The molecule has 2 heterocycles. The number of halogens is 1. The Morgan fingerprint density at radius 1 is 1.19 bits per heavy atom. The minimum Gasteiger partial charge on any atom is -0.359 e. The van der Waals surface area contributed by atoms with E-state index < -0.39 is 0 Å².